The van der Waals surface area contributed by atoms with Crippen LogP contribution in [0.25, 0.3) is 0 Å². The molecule has 1 unspecified atom stereocenters. The first-order valence-corrected chi connectivity index (χ1v) is 13.3. The molecule has 5 rings (SSSR count). The Labute approximate surface area is 226 Å². The molecule has 1 atom stereocenters. The van der Waals surface area contributed by atoms with Crippen molar-refractivity contribution in [1.82, 2.24) is 4.98 Å². The Morgan fingerprint density at radius 1 is 1.00 bits per heavy atom. The van der Waals surface area contributed by atoms with Crippen LogP contribution in [0.5, 0.6) is 11.8 Å². The third-order valence-electron chi connectivity index (χ3n) is 8.11. The number of fused-ring (bicyclic) bond motifs is 1. The van der Waals surface area contributed by atoms with Crippen molar-refractivity contribution in [3.8, 4) is 11.8 Å². The zero-order valence-corrected chi connectivity index (χ0v) is 22.1. The predicted octanol–water partition coefficient (Wildman–Crippen LogP) is 6.59. The fraction of sp³-hybridized carbons (Fsp3) is 0.400. The van der Waals surface area contributed by atoms with E-state index in [1.54, 1.807) is 25.3 Å². The number of ether oxygens (including phenoxy) is 2. The number of rotatable bonds is 9. The van der Waals surface area contributed by atoms with Crippen LogP contribution in [0.3, 0.4) is 0 Å². The van der Waals surface area contributed by atoms with Crippen LogP contribution in [0.2, 0.25) is 0 Å². The van der Waals surface area contributed by atoms with E-state index < -0.39 is 23.3 Å². The maximum absolute atomic E-state index is 14.3. The lowest BCUT2D eigenvalue weighted by atomic mass is 9.69. The predicted molar refractivity (Wildman–Crippen MR) is 144 cm³/mol. The van der Waals surface area contributed by atoms with Gasteiger partial charge in [0.25, 0.3) is 0 Å². The number of aryl methyl sites for hydroxylation is 1. The molecule has 0 saturated heterocycles. The van der Waals surface area contributed by atoms with Crippen molar-refractivity contribution in [3.05, 3.63) is 76.9 Å². The SMILES string of the molecule is COc1ccc(C2(C(CCc3ccc(C(=O)O)cc3)C3CCCCC3)Nc3cc(F)c(F)cc3N2)c(OC)n1. The van der Waals surface area contributed by atoms with Crippen molar-refractivity contribution >= 4 is 17.3 Å². The maximum atomic E-state index is 14.3. The summed E-state index contributed by atoms with van der Waals surface area (Å²) in [6.45, 7) is 0. The normalized spacial score (nSPS) is 17.0. The number of pyridine rings is 1. The van der Waals surface area contributed by atoms with Crippen molar-refractivity contribution in [2.45, 2.75) is 50.6 Å². The molecule has 0 bridgehead atoms. The van der Waals surface area contributed by atoms with E-state index >= 15 is 0 Å². The van der Waals surface area contributed by atoms with Gasteiger partial charge in [0.1, 0.15) is 5.66 Å². The highest BCUT2D eigenvalue weighted by Gasteiger charge is 2.50. The van der Waals surface area contributed by atoms with Crippen molar-refractivity contribution < 1.29 is 28.2 Å². The Balaban J connectivity index is 1.60. The monoisotopic (exact) mass is 537 g/mol. The van der Waals surface area contributed by atoms with E-state index in [9.17, 15) is 18.7 Å². The summed E-state index contributed by atoms with van der Waals surface area (Å²) >= 11 is 0. The van der Waals surface area contributed by atoms with Gasteiger partial charge in [-0.1, -0.05) is 44.2 Å². The molecule has 3 aromatic rings. The zero-order valence-electron chi connectivity index (χ0n) is 22.1. The summed E-state index contributed by atoms with van der Waals surface area (Å²) in [5, 5.41) is 16.4. The summed E-state index contributed by atoms with van der Waals surface area (Å²) < 4.78 is 39.8. The molecule has 7 nitrogen and oxygen atoms in total. The molecule has 0 spiro atoms. The van der Waals surface area contributed by atoms with Crippen LogP contribution < -0.4 is 20.1 Å². The second-order valence-corrected chi connectivity index (χ2v) is 10.3. The fourth-order valence-electron chi connectivity index (χ4n) is 6.20. The highest BCUT2D eigenvalue weighted by atomic mass is 19.2. The van der Waals surface area contributed by atoms with E-state index in [4.69, 9.17) is 9.47 Å². The number of nitrogens with one attached hydrogen (secondary N) is 2. The van der Waals surface area contributed by atoms with Crippen LogP contribution in [0.15, 0.2) is 48.5 Å². The number of hydrogen-bond donors (Lipinski definition) is 3. The number of methoxy groups -OCH3 is 2. The number of anilines is 2. The van der Waals surface area contributed by atoms with Gasteiger partial charge in [0, 0.05) is 24.1 Å². The van der Waals surface area contributed by atoms with E-state index in [-0.39, 0.29) is 11.5 Å². The van der Waals surface area contributed by atoms with Gasteiger partial charge in [-0.25, -0.2) is 13.6 Å². The van der Waals surface area contributed by atoms with Gasteiger partial charge in [-0.2, -0.15) is 4.98 Å². The van der Waals surface area contributed by atoms with Gasteiger partial charge < -0.3 is 25.2 Å². The van der Waals surface area contributed by atoms with E-state index in [2.05, 4.69) is 15.6 Å². The standard InChI is InChI=1S/C30H33F2N3O4/c1-38-27-15-14-22(28(33-27)39-2)30(34-25-16-23(31)24(32)17-26(25)35-30)21(19-6-4-3-5-7-19)13-10-18-8-11-20(12-9-18)29(36)37/h8-9,11-12,14-17,19,21,34-35H,3-7,10,13H2,1-2H3,(H,36,37). The summed E-state index contributed by atoms with van der Waals surface area (Å²) in [5.41, 5.74) is 1.96. The van der Waals surface area contributed by atoms with Crippen molar-refractivity contribution in [2.75, 3.05) is 24.9 Å². The van der Waals surface area contributed by atoms with E-state index in [0.717, 1.165) is 43.2 Å². The lowest BCUT2D eigenvalue weighted by Gasteiger charge is -2.44. The Hall–Kier alpha value is -3.88. The molecule has 3 N–H and O–H groups in total. The second kappa shape index (κ2) is 11.1. The first-order valence-electron chi connectivity index (χ1n) is 13.3. The van der Waals surface area contributed by atoms with Crippen LogP contribution in [-0.4, -0.2) is 30.3 Å². The lowest BCUT2D eigenvalue weighted by Crippen LogP contribution is -2.50. The number of halogens is 2. The second-order valence-electron chi connectivity index (χ2n) is 10.3. The van der Waals surface area contributed by atoms with Crippen LogP contribution in [0.1, 0.15) is 60.0 Å². The zero-order chi connectivity index (χ0) is 27.6. The topological polar surface area (TPSA) is 92.7 Å². The van der Waals surface area contributed by atoms with Crippen molar-refractivity contribution in [2.24, 2.45) is 11.8 Å². The van der Waals surface area contributed by atoms with Crippen molar-refractivity contribution in [3.63, 3.8) is 0 Å². The summed E-state index contributed by atoms with van der Waals surface area (Å²) in [6.07, 6.45) is 6.87. The Kier molecular flexibility index (Phi) is 7.59. The van der Waals surface area contributed by atoms with Crippen LogP contribution in [0, 0.1) is 23.5 Å². The number of aromatic nitrogens is 1. The molecule has 9 heteroatoms. The van der Waals surface area contributed by atoms with Gasteiger partial charge >= 0.3 is 5.97 Å². The van der Waals surface area contributed by atoms with Crippen LogP contribution in [-0.2, 0) is 12.1 Å². The van der Waals surface area contributed by atoms with Crippen molar-refractivity contribution in [1.29, 1.82) is 0 Å². The average molecular weight is 538 g/mol. The number of aromatic carboxylic acids is 1. The molecule has 1 aromatic heterocycles. The minimum absolute atomic E-state index is 0.0282. The number of carboxylic acids is 1. The minimum atomic E-state index is -0.962. The summed E-state index contributed by atoms with van der Waals surface area (Å²) in [4.78, 5) is 15.9. The van der Waals surface area contributed by atoms with Crippen LogP contribution >= 0.6 is 0 Å². The van der Waals surface area contributed by atoms with Gasteiger partial charge in [-0.15, -0.1) is 0 Å². The molecule has 206 valence electrons. The third kappa shape index (κ3) is 5.22. The molecule has 39 heavy (non-hydrogen) atoms. The number of carbonyl (C=O) groups is 1. The minimum Gasteiger partial charge on any atom is -0.481 e. The van der Waals surface area contributed by atoms with E-state index in [0.29, 0.717) is 35.5 Å². The Bertz CT molecular complexity index is 1310. The molecule has 1 aliphatic heterocycles. The number of benzene rings is 2. The average Bonchev–Trinajstić information content (AvgIpc) is 3.32. The molecule has 0 radical (unpaired) electrons. The lowest BCUT2D eigenvalue weighted by molar-refractivity contribution is 0.0697. The Morgan fingerprint density at radius 2 is 1.64 bits per heavy atom. The first kappa shape index (κ1) is 26.7. The number of nitrogens with zero attached hydrogens (tertiary/aromatic N) is 1. The van der Waals surface area contributed by atoms with E-state index in [1.165, 1.54) is 25.7 Å². The Morgan fingerprint density at radius 3 is 2.21 bits per heavy atom. The summed E-state index contributed by atoms with van der Waals surface area (Å²) in [6, 6.07) is 12.9. The van der Waals surface area contributed by atoms with Crippen LogP contribution in [0.4, 0.5) is 20.2 Å². The molecule has 2 aromatic carbocycles. The third-order valence-corrected chi connectivity index (χ3v) is 8.11. The number of carboxylic acid groups (broad SMARTS) is 1. The fourth-order valence-corrected chi connectivity index (χ4v) is 6.20. The van der Waals surface area contributed by atoms with Gasteiger partial charge in [-0.05, 0) is 42.5 Å². The molecule has 1 fully saturated rings. The van der Waals surface area contributed by atoms with Gasteiger partial charge in [0.2, 0.25) is 11.8 Å². The largest absolute Gasteiger partial charge is 0.481 e. The van der Waals surface area contributed by atoms with Gasteiger partial charge in [0.05, 0.1) is 36.7 Å². The molecular formula is C30H33F2N3O4. The molecule has 1 saturated carbocycles. The summed E-state index contributed by atoms with van der Waals surface area (Å²) in [7, 11) is 3.07. The maximum Gasteiger partial charge on any atom is 0.335 e. The molecule has 0 amide bonds. The highest BCUT2D eigenvalue weighted by Crippen LogP contribution is 2.52. The number of hydrogen-bond acceptors (Lipinski definition) is 6. The van der Waals surface area contributed by atoms with Gasteiger partial charge in [0.15, 0.2) is 11.6 Å². The molecule has 1 aliphatic carbocycles. The molecular weight excluding hydrogens is 504 g/mol. The first-order chi connectivity index (χ1) is 18.8. The highest BCUT2D eigenvalue weighted by molar-refractivity contribution is 5.87. The molecule has 2 heterocycles. The smallest absolute Gasteiger partial charge is 0.335 e. The molecule has 2 aliphatic rings. The van der Waals surface area contributed by atoms with E-state index in [1.807, 2.05) is 18.2 Å². The quantitative estimate of drug-likeness (QED) is 0.283. The summed E-state index contributed by atoms with van der Waals surface area (Å²) in [5.74, 6) is -1.78. The van der Waals surface area contributed by atoms with Gasteiger partial charge in [-0.3, -0.25) is 0 Å².